The summed E-state index contributed by atoms with van der Waals surface area (Å²) in [6.45, 7) is 2.38. The molecule has 1 aromatic rings. The standard InChI is InChI=1S/C12H17FN2O2S/c13-10-1-2-11(14-9-10)12(16)3-4-15-5-7-18(17)8-6-15/h1-2,9,12,16H,3-8H2. The van der Waals surface area contributed by atoms with E-state index in [4.69, 9.17) is 0 Å². The molecule has 1 saturated heterocycles. The van der Waals surface area contributed by atoms with Crippen molar-refractivity contribution >= 4 is 10.8 Å². The van der Waals surface area contributed by atoms with Gasteiger partial charge in [0.1, 0.15) is 5.82 Å². The van der Waals surface area contributed by atoms with Gasteiger partial charge in [0.15, 0.2) is 0 Å². The molecule has 100 valence electrons. The molecule has 1 aliphatic heterocycles. The summed E-state index contributed by atoms with van der Waals surface area (Å²) < 4.78 is 23.9. The van der Waals surface area contributed by atoms with Crippen molar-refractivity contribution in [1.82, 2.24) is 9.88 Å². The minimum atomic E-state index is -0.672. The van der Waals surface area contributed by atoms with Crippen molar-refractivity contribution in [1.29, 1.82) is 0 Å². The van der Waals surface area contributed by atoms with Crippen LogP contribution in [0.2, 0.25) is 0 Å². The Balaban J connectivity index is 1.79. The summed E-state index contributed by atoms with van der Waals surface area (Å²) in [7, 11) is -0.672. The molecule has 0 aliphatic carbocycles. The van der Waals surface area contributed by atoms with Gasteiger partial charge in [-0.2, -0.15) is 0 Å². The lowest BCUT2D eigenvalue weighted by Gasteiger charge is -2.26. The molecule has 6 heteroatoms. The van der Waals surface area contributed by atoms with Gasteiger partial charge in [0.25, 0.3) is 0 Å². The number of aliphatic hydroxyl groups is 1. The predicted molar refractivity (Wildman–Crippen MR) is 68.1 cm³/mol. The van der Waals surface area contributed by atoms with Crippen molar-refractivity contribution in [2.24, 2.45) is 0 Å². The van der Waals surface area contributed by atoms with E-state index in [1.54, 1.807) is 0 Å². The van der Waals surface area contributed by atoms with Crippen LogP contribution < -0.4 is 0 Å². The van der Waals surface area contributed by atoms with E-state index in [0.29, 0.717) is 23.6 Å². The first-order chi connectivity index (χ1) is 8.65. The molecule has 2 rings (SSSR count). The SMILES string of the molecule is O=S1CCN(CCC(O)c2ccc(F)cn2)CC1. The van der Waals surface area contributed by atoms with Crippen molar-refractivity contribution in [3.8, 4) is 0 Å². The first-order valence-corrected chi connectivity index (χ1v) is 7.51. The molecule has 0 radical (unpaired) electrons. The van der Waals surface area contributed by atoms with Crippen LogP contribution in [0.1, 0.15) is 18.2 Å². The normalized spacial score (nSPS) is 19.9. The number of rotatable bonds is 4. The summed E-state index contributed by atoms with van der Waals surface area (Å²) >= 11 is 0. The Kier molecular flexibility index (Phi) is 4.79. The molecule has 1 fully saturated rings. The lowest BCUT2D eigenvalue weighted by atomic mass is 10.1. The monoisotopic (exact) mass is 272 g/mol. The third kappa shape index (κ3) is 3.83. The van der Waals surface area contributed by atoms with E-state index in [1.165, 1.54) is 12.1 Å². The third-order valence-corrected chi connectivity index (χ3v) is 4.36. The molecule has 1 N–H and O–H groups in total. The third-order valence-electron chi connectivity index (χ3n) is 3.08. The molecule has 0 saturated carbocycles. The maximum absolute atomic E-state index is 12.7. The molecule has 0 aromatic carbocycles. The Bertz CT molecular complexity index is 403. The molecular weight excluding hydrogens is 255 g/mol. The van der Waals surface area contributed by atoms with Crippen molar-refractivity contribution in [3.63, 3.8) is 0 Å². The van der Waals surface area contributed by atoms with Gasteiger partial charge >= 0.3 is 0 Å². The molecule has 0 bridgehead atoms. The Morgan fingerprint density at radius 1 is 1.44 bits per heavy atom. The van der Waals surface area contributed by atoms with Crippen molar-refractivity contribution in [3.05, 3.63) is 29.8 Å². The van der Waals surface area contributed by atoms with Gasteiger partial charge in [-0.15, -0.1) is 0 Å². The van der Waals surface area contributed by atoms with Gasteiger partial charge in [-0.3, -0.25) is 9.19 Å². The largest absolute Gasteiger partial charge is 0.387 e. The van der Waals surface area contributed by atoms with Crippen LogP contribution in [0.25, 0.3) is 0 Å². The molecule has 0 amide bonds. The second kappa shape index (κ2) is 6.36. The van der Waals surface area contributed by atoms with Gasteiger partial charge < -0.3 is 10.0 Å². The molecule has 1 atom stereocenters. The van der Waals surface area contributed by atoms with E-state index in [9.17, 15) is 13.7 Å². The minimum Gasteiger partial charge on any atom is -0.387 e. The number of nitrogens with zero attached hydrogens (tertiary/aromatic N) is 2. The maximum Gasteiger partial charge on any atom is 0.141 e. The van der Waals surface area contributed by atoms with E-state index >= 15 is 0 Å². The van der Waals surface area contributed by atoms with E-state index in [-0.39, 0.29) is 0 Å². The number of aliphatic hydroxyl groups excluding tert-OH is 1. The van der Waals surface area contributed by atoms with Gasteiger partial charge in [-0.05, 0) is 18.6 Å². The Hall–Kier alpha value is -0.850. The summed E-state index contributed by atoms with van der Waals surface area (Å²) in [5, 5.41) is 9.92. The van der Waals surface area contributed by atoms with Gasteiger partial charge in [-0.25, -0.2) is 4.39 Å². The molecule has 0 spiro atoms. The first kappa shape index (κ1) is 13.6. The Labute approximate surface area is 108 Å². The van der Waals surface area contributed by atoms with Crippen LogP contribution in [0.15, 0.2) is 18.3 Å². The fourth-order valence-electron chi connectivity index (χ4n) is 1.94. The zero-order valence-corrected chi connectivity index (χ0v) is 10.9. The Morgan fingerprint density at radius 3 is 2.78 bits per heavy atom. The molecular formula is C12H17FN2O2S. The van der Waals surface area contributed by atoms with Crippen molar-refractivity contribution in [2.45, 2.75) is 12.5 Å². The molecule has 1 aliphatic rings. The highest BCUT2D eigenvalue weighted by molar-refractivity contribution is 7.85. The Morgan fingerprint density at radius 2 is 2.17 bits per heavy atom. The topological polar surface area (TPSA) is 53.4 Å². The quantitative estimate of drug-likeness (QED) is 0.877. The van der Waals surface area contributed by atoms with Crippen LogP contribution in [-0.4, -0.2) is 50.3 Å². The minimum absolute atomic E-state index is 0.399. The summed E-state index contributed by atoms with van der Waals surface area (Å²) in [5.41, 5.74) is 0.497. The molecule has 4 nitrogen and oxygen atoms in total. The first-order valence-electron chi connectivity index (χ1n) is 6.02. The van der Waals surface area contributed by atoms with E-state index in [0.717, 1.165) is 25.8 Å². The number of aromatic nitrogens is 1. The zero-order valence-electron chi connectivity index (χ0n) is 10.1. The summed E-state index contributed by atoms with van der Waals surface area (Å²) in [6.07, 6.45) is 1.01. The van der Waals surface area contributed by atoms with Crippen molar-refractivity contribution in [2.75, 3.05) is 31.1 Å². The summed E-state index contributed by atoms with van der Waals surface area (Å²) in [6, 6.07) is 2.81. The number of hydrogen-bond acceptors (Lipinski definition) is 4. The van der Waals surface area contributed by atoms with Gasteiger partial charge in [-0.1, -0.05) is 0 Å². The van der Waals surface area contributed by atoms with E-state index in [1.807, 2.05) is 0 Å². The van der Waals surface area contributed by atoms with Crippen LogP contribution in [0.5, 0.6) is 0 Å². The zero-order chi connectivity index (χ0) is 13.0. The molecule has 1 unspecified atom stereocenters. The molecule has 18 heavy (non-hydrogen) atoms. The van der Waals surface area contributed by atoms with Crippen LogP contribution in [0.4, 0.5) is 4.39 Å². The van der Waals surface area contributed by atoms with Crippen LogP contribution in [0.3, 0.4) is 0 Å². The van der Waals surface area contributed by atoms with Crippen molar-refractivity contribution < 1.29 is 13.7 Å². The summed E-state index contributed by atoms with van der Waals surface area (Å²) in [4.78, 5) is 6.05. The second-order valence-electron chi connectivity index (χ2n) is 4.40. The molecule has 2 heterocycles. The fourth-order valence-corrected chi connectivity index (χ4v) is 3.06. The molecule has 1 aromatic heterocycles. The highest BCUT2D eigenvalue weighted by atomic mass is 32.2. The average molecular weight is 272 g/mol. The van der Waals surface area contributed by atoms with Crippen LogP contribution >= 0.6 is 0 Å². The van der Waals surface area contributed by atoms with Gasteiger partial charge in [0, 0.05) is 41.9 Å². The second-order valence-corrected chi connectivity index (χ2v) is 6.09. The fraction of sp³-hybridized carbons (Fsp3) is 0.583. The van der Waals surface area contributed by atoms with Crippen LogP contribution in [-0.2, 0) is 10.8 Å². The summed E-state index contributed by atoms with van der Waals surface area (Å²) in [5.74, 6) is 1.03. The number of halogens is 1. The van der Waals surface area contributed by atoms with Crippen LogP contribution in [0, 0.1) is 5.82 Å². The highest BCUT2D eigenvalue weighted by Gasteiger charge is 2.17. The predicted octanol–water partition coefficient (Wildman–Crippen LogP) is 0.709. The maximum atomic E-state index is 12.7. The average Bonchev–Trinajstić information content (AvgIpc) is 2.38. The number of hydrogen-bond donors (Lipinski definition) is 1. The van der Waals surface area contributed by atoms with E-state index < -0.39 is 22.7 Å². The smallest absolute Gasteiger partial charge is 0.141 e. The highest BCUT2D eigenvalue weighted by Crippen LogP contribution is 2.15. The number of pyridine rings is 1. The lowest BCUT2D eigenvalue weighted by Crippen LogP contribution is -2.38. The van der Waals surface area contributed by atoms with Gasteiger partial charge in [0.05, 0.1) is 18.0 Å². The lowest BCUT2D eigenvalue weighted by molar-refractivity contribution is 0.141. The van der Waals surface area contributed by atoms with Gasteiger partial charge in [0.2, 0.25) is 0 Å². The van der Waals surface area contributed by atoms with E-state index in [2.05, 4.69) is 9.88 Å².